The summed E-state index contributed by atoms with van der Waals surface area (Å²) in [6.45, 7) is 0. The summed E-state index contributed by atoms with van der Waals surface area (Å²) in [5.74, 6) is 0. The molecule has 2 aliphatic rings. The van der Waals surface area contributed by atoms with E-state index in [0.717, 1.165) is 61.7 Å². The molecular formula is C26H19N5. The number of nitrogens with two attached hydrogens (primary N) is 1. The Labute approximate surface area is 178 Å². The molecule has 0 aliphatic carbocycles. The molecule has 0 saturated heterocycles. The van der Waals surface area contributed by atoms with Crippen molar-refractivity contribution in [3.63, 3.8) is 0 Å². The average molecular weight is 401 g/mol. The fourth-order valence-electron chi connectivity index (χ4n) is 3.92. The Morgan fingerprint density at radius 2 is 1.16 bits per heavy atom. The van der Waals surface area contributed by atoms with Gasteiger partial charge in [0.1, 0.15) is 0 Å². The number of hydrogen-bond donors (Lipinski definition) is 3. The number of fused-ring (bicyclic) bond motifs is 8. The molecule has 31 heavy (non-hydrogen) atoms. The highest BCUT2D eigenvalue weighted by Gasteiger charge is 2.07. The van der Waals surface area contributed by atoms with Crippen LogP contribution in [0.15, 0.2) is 66.7 Å². The number of nitrogens with one attached hydrogen (secondary N) is 2. The molecule has 0 atom stereocenters. The Hall–Kier alpha value is -4.38. The second-order valence-corrected chi connectivity index (χ2v) is 7.71. The van der Waals surface area contributed by atoms with Crippen LogP contribution in [0.2, 0.25) is 0 Å². The third kappa shape index (κ3) is 3.42. The minimum atomic E-state index is 0.749. The maximum absolute atomic E-state index is 5.89. The molecule has 3 aromatic heterocycles. The van der Waals surface area contributed by atoms with Crippen LogP contribution in [0.4, 0.5) is 5.69 Å². The molecule has 0 fully saturated rings. The molecule has 5 heteroatoms. The van der Waals surface area contributed by atoms with Gasteiger partial charge in [0.05, 0.1) is 22.8 Å². The van der Waals surface area contributed by atoms with Gasteiger partial charge in [-0.3, -0.25) is 0 Å². The Bertz CT molecular complexity index is 1530. The van der Waals surface area contributed by atoms with Crippen molar-refractivity contribution in [2.75, 3.05) is 5.73 Å². The van der Waals surface area contributed by atoms with E-state index in [9.17, 15) is 0 Å². The monoisotopic (exact) mass is 401 g/mol. The van der Waals surface area contributed by atoms with Gasteiger partial charge in [-0.1, -0.05) is 12.1 Å². The zero-order valence-corrected chi connectivity index (χ0v) is 16.6. The summed E-state index contributed by atoms with van der Waals surface area (Å²) >= 11 is 0. The van der Waals surface area contributed by atoms with Crippen LogP contribution in [0, 0.1) is 0 Å². The summed E-state index contributed by atoms with van der Waals surface area (Å²) in [5.41, 5.74) is 16.5. The Morgan fingerprint density at radius 1 is 0.548 bits per heavy atom. The first kappa shape index (κ1) is 17.5. The van der Waals surface area contributed by atoms with E-state index >= 15 is 0 Å². The van der Waals surface area contributed by atoms with Crippen molar-refractivity contribution in [3.8, 4) is 11.1 Å². The van der Waals surface area contributed by atoms with E-state index < -0.39 is 0 Å². The summed E-state index contributed by atoms with van der Waals surface area (Å²) in [5, 5.41) is 0. The standard InChI is InChI=1S/C26H19N5/c27-17-3-1-16(2-4-17)25-14-24-13-22-8-7-20(29-22)11-18-5-6-19(28-18)12-21-9-10-23(30-21)15-26(25)31-24/h1-15,29,31H,27H2. The first-order valence-electron chi connectivity index (χ1n) is 10.1. The number of hydrogen-bond acceptors (Lipinski definition) is 3. The van der Waals surface area contributed by atoms with E-state index in [1.807, 2.05) is 60.7 Å². The number of nitrogen functional groups attached to an aromatic ring is 1. The molecule has 4 aromatic rings. The van der Waals surface area contributed by atoms with E-state index in [0.29, 0.717) is 0 Å². The number of benzene rings is 1. The Kier molecular flexibility index (Phi) is 3.86. The largest absolute Gasteiger partial charge is 0.399 e. The van der Waals surface area contributed by atoms with Crippen LogP contribution in [0.5, 0.6) is 0 Å². The maximum atomic E-state index is 5.89. The fourth-order valence-corrected chi connectivity index (χ4v) is 3.92. The lowest BCUT2D eigenvalue weighted by Crippen LogP contribution is -1.83. The second-order valence-electron chi connectivity index (χ2n) is 7.71. The van der Waals surface area contributed by atoms with Crippen LogP contribution in [-0.4, -0.2) is 19.9 Å². The molecule has 148 valence electrons. The van der Waals surface area contributed by atoms with Gasteiger partial charge in [0.2, 0.25) is 0 Å². The van der Waals surface area contributed by atoms with E-state index in [2.05, 4.69) is 45.3 Å². The predicted molar refractivity (Wildman–Crippen MR) is 129 cm³/mol. The van der Waals surface area contributed by atoms with Gasteiger partial charge < -0.3 is 15.7 Å². The van der Waals surface area contributed by atoms with Crippen LogP contribution in [0.1, 0.15) is 22.8 Å². The van der Waals surface area contributed by atoms with Gasteiger partial charge in [0, 0.05) is 33.3 Å². The number of aromatic nitrogens is 4. The molecule has 1 aromatic carbocycles. The van der Waals surface area contributed by atoms with Gasteiger partial charge in [-0.15, -0.1) is 0 Å². The quantitative estimate of drug-likeness (QED) is 0.300. The molecule has 0 amide bonds. The van der Waals surface area contributed by atoms with Gasteiger partial charge >= 0.3 is 0 Å². The third-order valence-electron chi connectivity index (χ3n) is 5.39. The molecule has 2 aliphatic heterocycles. The number of H-pyrrole nitrogens is 2. The SMILES string of the molecule is Nc1ccc(-c2cc3cc4ccc(cc5nc(cc6nc(cc2[nH]3)C=C6)C=C5)[nH]4)cc1. The van der Waals surface area contributed by atoms with Crippen molar-refractivity contribution in [1.82, 2.24) is 19.9 Å². The van der Waals surface area contributed by atoms with Crippen LogP contribution >= 0.6 is 0 Å². The lowest BCUT2D eigenvalue weighted by Gasteiger charge is -1.99. The Balaban J connectivity index is 1.67. The van der Waals surface area contributed by atoms with Crippen molar-refractivity contribution in [2.24, 2.45) is 0 Å². The van der Waals surface area contributed by atoms with Crippen LogP contribution < -0.4 is 5.73 Å². The molecular weight excluding hydrogens is 382 g/mol. The predicted octanol–water partition coefficient (Wildman–Crippen LogP) is 5.90. The van der Waals surface area contributed by atoms with Crippen molar-refractivity contribution in [2.45, 2.75) is 0 Å². The first-order valence-corrected chi connectivity index (χ1v) is 10.1. The van der Waals surface area contributed by atoms with Crippen molar-refractivity contribution >= 4 is 52.1 Å². The minimum absolute atomic E-state index is 0.749. The van der Waals surface area contributed by atoms with E-state index in [-0.39, 0.29) is 0 Å². The molecule has 6 rings (SSSR count). The topological polar surface area (TPSA) is 83.4 Å². The fraction of sp³-hybridized carbons (Fsp3) is 0. The number of aromatic amines is 2. The van der Waals surface area contributed by atoms with Crippen molar-refractivity contribution < 1.29 is 0 Å². The highest BCUT2D eigenvalue weighted by Crippen LogP contribution is 2.28. The smallest absolute Gasteiger partial charge is 0.0659 e. The van der Waals surface area contributed by atoms with Gasteiger partial charge in [-0.25, -0.2) is 9.97 Å². The molecule has 8 bridgehead atoms. The molecule has 0 saturated carbocycles. The minimum Gasteiger partial charge on any atom is -0.399 e. The highest BCUT2D eigenvalue weighted by molar-refractivity contribution is 5.88. The summed E-state index contributed by atoms with van der Waals surface area (Å²) < 4.78 is 0. The molecule has 0 unspecified atom stereocenters. The summed E-state index contributed by atoms with van der Waals surface area (Å²) in [6.07, 6.45) is 8.05. The molecule has 4 N–H and O–H groups in total. The normalized spacial score (nSPS) is 12.4. The zero-order chi connectivity index (χ0) is 20.8. The lowest BCUT2D eigenvalue weighted by atomic mass is 10.1. The van der Waals surface area contributed by atoms with E-state index in [1.165, 1.54) is 0 Å². The summed E-state index contributed by atoms with van der Waals surface area (Å²) in [7, 11) is 0. The van der Waals surface area contributed by atoms with Gasteiger partial charge in [0.25, 0.3) is 0 Å². The molecule has 0 spiro atoms. The van der Waals surface area contributed by atoms with Crippen LogP contribution in [0.3, 0.4) is 0 Å². The highest BCUT2D eigenvalue weighted by atomic mass is 14.8. The van der Waals surface area contributed by atoms with E-state index in [1.54, 1.807) is 0 Å². The molecule has 5 nitrogen and oxygen atoms in total. The Morgan fingerprint density at radius 3 is 1.87 bits per heavy atom. The number of nitrogens with zero attached hydrogens (tertiary/aromatic N) is 2. The average Bonchev–Trinajstić information content (AvgIpc) is 3.54. The maximum Gasteiger partial charge on any atom is 0.0659 e. The first-order chi connectivity index (χ1) is 15.2. The number of rotatable bonds is 1. The van der Waals surface area contributed by atoms with Gasteiger partial charge in [-0.2, -0.15) is 0 Å². The van der Waals surface area contributed by atoms with E-state index in [4.69, 9.17) is 10.7 Å². The lowest BCUT2D eigenvalue weighted by molar-refractivity contribution is 1.28. The van der Waals surface area contributed by atoms with Gasteiger partial charge in [-0.05, 0) is 84.5 Å². The van der Waals surface area contributed by atoms with Crippen molar-refractivity contribution in [3.05, 3.63) is 89.5 Å². The van der Waals surface area contributed by atoms with Crippen LogP contribution in [0.25, 0.3) is 57.5 Å². The number of anilines is 1. The molecule has 0 radical (unpaired) electrons. The summed E-state index contributed by atoms with van der Waals surface area (Å²) in [6, 6.07) is 22.4. The zero-order valence-electron chi connectivity index (χ0n) is 16.6. The molecule has 5 heterocycles. The van der Waals surface area contributed by atoms with Gasteiger partial charge in [0.15, 0.2) is 0 Å². The van der Waals surface area contributed by atoms with Crippen LogP contribution in [-0.2, 0) is 0 Å². The van der Waals surface area contributed by atoms with Crippen molar-refractivity contribution in [1.29, 1.82) is 0 Å². The third-order valence-corrected chi connectivity index (χ3v) is 5.39. The summed E-state index contributed by atoms with van der Waals surface area (Å²) in [4.78, 5) is 16.4. The second kappa shape index (κ2) is 6.85.